The molecule has 0 N–H and O–H groups in total. The number of hydrogen-bond acceptors (Lipinski definition) is 4. The molecular formula is C14H16N4. The Morgan fingerprint density at radius 3 is 2.61 bits per heavy atom. The Bertz CT molecular complexity index is 458. The highest BCUT2D eigenvalue weighted by molar-refractivity contribution is 5.46. The number of terminal acetylenes is 1. The third-order valence-electron chi connectivity index (χ3n) is 3.17. The van der Waals surface area contributed by atoms with Crippen molar-refractivity contribution in [1.82, 2.24) is 9.88 Å². The fraction of sp³-hybridized carbons (Fsp3) is 0.429. The van der Waals surface area contributed by atoms with E-state index in [2.05, 4.69) is 20.7 Å². The standard InChI is InChI=1S/C14H16N4/c1-2-3-6-17-7-9-18(10-8-17)14-5-4-13(11-15)16-12-14/h1,4-5,12H,3,6-10H2. The van der Waals surface area contributed by atoms with Crippen LogP contribution in [0.25, 0.3) is 0 Å². The molecule has 1 fully saturated rings. The van der Waals surface area contributed by atoms with Crippen LogP contribution in [0, 0.1) is 23.7 Å². The molecule has 2 heterocycles. The number of piperazine rings is 1. The van der Waals surface area contributed by atoms with E-state index in [1.54, 1.807) is 12.3 Å². The van der Waals surface area contributed by atoms with Crippen LogP contribution >= 0.6 is 0 Å². The van der Waals surface area contributed by atoms with Gasteiger partial charge in [0, 0.05) is 39.1 Å². The van der Waals surface area contributed by atoms with E-state index < -0.39 is 0 Å². The van der Waals surface area contributed by atoms with Crippen molar-refractivity contribution >= 4 is 5.69 Å². The fourth-order valence-electron chi connectivity index (χ4n) is 2.09. The largest absolute Gasteiger partial charge is 0.368 e. The van der Waals surface area contributed by atoms with E-state index in [0.717, 1.165) is 44.8 Å². The van der Waals surface area contributed by atoms with Gasteiger partial charge < -0.3 is 4.90 Å². The molecule has 1 aliphatic heterocycles. The molecule has 4 heteroatoms. The van der Waals surface area contributed by atoms with Crippen molar-refractivity contribution in [1.29, 1.82) is 5.26 Å². The van der Waals surface area contributed by atoms with Gasteiger partial charge in [0.15, 0.2) is 0 Å². The van der Waals surface area contributed by atoms with Crippen LogP contribution in [0.15, 0.2) is 18.3 Å². The highest BCUT2D eigenvalue weighted by Gasteiger charge is 2.16. The number of nitriles is 1. The Morgan fingerprint density at radius 1 is 1.28 bits per heavy atom. The molecule has 0 unspecified atom stereocenters. The van der Waals surface area contributed by atoms with E-state index in [0.29, 0.717) is 5.69 Å². The lowest BCUT2D eigenvalue weighted by Gasteiger charge is -2.35. The van der Waals surface area contributed by atoms with Gasteiger partial charge in [-0.15, -0.1) is 12.3 Å². The molecule has 0 amide bonds. The van der Waals surface area contributed by atoms with E-state index in [1.165, 1.54) is 0 Å². The number of rotatable bonds is 3. The van der Waals surface area contributed by atoms with Gasteiger partial charge in [0.2, 0.25) is 0 Å². The van der Waals surface area contributed by atoms with Gasteiger partial charge in [0.05, 0.1) is 11.9 Å². The van der Waals surface area contributed by atoms with Crippen molar-refractivity contribution in [2.45, 2.75) is 6.42 Å². The van der Waals surface area contributed by atoms with Crippen molar-refractivity contribution in [2.75, 3.05) is 37.6 Å². The number of anilines is 1. The molecule has 0 bridgehead atoms. The van der Waals surface area contributed by atoms with Gasteiger partial charge in [-0.2, -0.15) is 5.26 Å². The first kappa shape index (κ1) is 12.4. The van der Waals surface area contributed by atoms with E-state index in [-0.39, 0.29) is 0 Å². The highest BCUT2D eigenvalue weighted by atomic mass is 15.3. The number of hydrogen-bond donors (Lipinski definition) is 0. The molecule has 4 nitrogen and oxygen atoms in total. The minimum absolute atomic E-state index is 0.464. The summed E-state index contributed by atoms with van der Waals surface area (Å²) in [4.78, 5) is 8.77. The van der Waals surface area contributed by atoms with E-state index in [1.807, 2.05) is 12.1 Å². The lowest BCUT2D eigenvalue weighted by molar-refractivity contribution is 0.264. The molecule has 1 aliphatic rings. The number of aromatic nitrogens is 1. The first-order chi connectivity index (χ1) is 8.83. The minimum atomic E-state index is 0.464. The van der Waals surface area contributed by atoms with Crippen LogP contribution in [0.1, 0.15) is 12.1 Å². The molecular weight excluding hydrogens is 224 g/mol. The van der Waals surface area contributed by atoms with E-state index in [9.17, 15) is 0 Å². The van der Waals surface area contributed by atoms with Gasteiger partial charge in [0.25, 0.3) is 0 Å². The molecule has 0 atom stereocenters. The molecule has 0 radical (unpaired) electrons. The average Bonchev–Trinajstić information content (AvgIpc) is 2.46. The van der Waals surface area contributed by atoms with Crippen molar-refractivity contribution in [3.8, 4) is 18.4 Å². The summed E-state index contributed by atoms with van der Waals surface area (Å²) < 4.78 is 0. The SMILES string of the molecule is C#CCCN1CCN(c2ccc(C#N)nc2)CC1. The highest BCUT2D eigenvalue weighted by Crippen LogP contribution is 2.15. The lowest BCUT2D eigenvalue weighted by Crippen LogP contribution is -2.46. The summed E-state index contributed by atoms with van der Waals surface area (Å²) in [5.74, 6) is 2.67. The van der Waals surface area contributed by atoms with Crippen LogP contribution in [0.3, 0.4) is 0 Å². The second-order valence-electron chi connectivity index (χ2n) is 4.30. The maximum atomic E-state index is 8.71. The Hall–Kier alpha value is -2.04. The van der Waals surface area contributed by atoms with E-state index >= 15 is 0 Å². The van der Waals surface area contributed by atoms with Crippen LogP contribution in [0.2, 0.25) is 0 Å². The zero-order valence-electron chi connectivity index (χ0n) is 10.3. The molecule has 2 rings (SSSR count). The van der Waals surface area contributed by atoms with Gasteiger partial charge in [0.1, 0.15) is 11.8 Å². The fourth-order valence-corrected chi connectivity index (χ4v) is 2.09. The first-order valence-electron chi connectivity index (χ1n) is 6.10. The predicted octanol–water partition coefficient (Wildman–Crippen LogP) is 1.10. The molecule has 1 aromatic rings. The lowest BCUT2D eigenvalue weighted by atomic mass is 10.2. The van der Waals surface area contributed by atoms with Crippen LogP contribution in [0.5, 0.6) is 0 Å². The quantitative estimate of drug-likeness (QED) is 0.742. The Balaban J connectivity index is 1.89. The van der Waals surface area contributed by atoms with Gasteiger partial charge in [-0.3, -0.25) is 4.90 Å². The normalized spacial score (nSPS) is 16.0. The first-order valence-corrected chi connectivity index (χ1v) is 6.10. The summed E-state index contributed by atoms with van der Waals surface area (Å²) in [6.07, 6.45) is 7.86. The summed E-state index contributed by atoms with van der Waals surface area (Å²) in [6, 6.07) is 5.76. The summed E-state index contributed by atoms with van der Waals surface area (Å²) in [5, 5.41) is 8.71. The molecule has 92 valence electrons. The Labute approximate surface area is 108 Å². The second kappa shape index (κ2) is 6.05. The Morgan fingerprint density at radius 2 is 2.06 bits per heavy atom. The third kappa shape index (κ3) is 3.00. The van der Waals surface area contributed by atoms with Crippen LogP contribution in [0.4, 0.5) is 5.69 Å². The van der Waals surface area contributed by atoms with Gasteiger partial charge in [-0.1, -0.05) is 0 Å². The molecule has 0 aromatic carbocycles. The predicted molar refractivity (Wildman–Crippen MR) is 71.1 cm³/mol. The molecule has 0 spiro atoms. The van der Waals surface area contributed by atoms with Crippen LogP contribution in [-0.4, -0.2) is 42.6 Å². The number of pyridine rings is 1. The molecule has 0 saturated carbocycles. The molecule has 1 aromatic heterocycles. The van der Waals surface area contributed by atoms with Crippen molar-refractivity contribution in [2.24, 2.45) is 0 Å². The third-order valence-corrected chi connectivity index (χ3v) is 3.17. The summed E-state index contributed by atoms with van der Waals surface area (Å²) in [7, 11) is 0. The van der Waals surface area contributed by atoms with E-state index in [4.69, 9.17) is 11.7 Å². The molecule has 1 saturated heterocycles. The maximum Gasteiger partial charge on any atom is 0.140 e. The summed E-state index contributed by atoms with van der Waals surface area (Å²) in [6.45, 7) is 5.01. The maximum absolute atomic E-state index is 8.71. The van der Waals surface area contributed by atoms with Gasteiger partial charge in [-0.25, -0.2) is 4.98 Å². The van der Waals surface area contributed by atoms with Gasteiger partial charge >= 0.3 is 0 Å². The average molecular weight is 240 g/mol. The number of nitrogens with zero attached hydrogens (tertiary/aromatic N) is 4. The zero-order valence-corrected chi connectivity index (χ0v) is 10.3. The zero-order chi connectivity index (χ0) is 12.8. The molecule has 18 heavy (non-hydrogen) atoms. The van der Waals surface area contributed by atoms with Crippen molar-refractivity contribution < 1.29 is 0 Å². The van der Waals surface area contributed by atoms with Crippen molar-refractivity contribution in [3.05, 3.63) is 24.0 Å². The van der Waals surface area contributed by atoms with Gasteiger partial charge in [-0.05, 0) is 12.1 Å². The van der Waals surface area contributed by atoms with Crippen LogP contribution < -0.4 is 4.90 Å². The van der Waals surface area contributed by atoms with Crippen LogP contribution in [-0.2, 0) is 0 Å². The minimum Gasteiger partial charge on any atom is -0.368 e. The smallest absolute Gasteiger partial charge is 0.140 e. The topological polar surface area (TPSA) is 43.2 Å². The molecule has 0 aliphatic carbocycles. The second-order valence-corrected chi connectivity index (χ2v) is 4.30. The van der Waals surface area contributed by atoms with Crippen molar-refractivity contribution in [3.63, 3.8) is 0 Å². The summed E-state index contributed by atoms with van der Waals surface area (Å²) >= 11 is 0. The summed E-state index contributed by atoms with van der Waals surface area (Å²) in [5.41, 5.74) is 1.55. The Kier molecular flexibility index (Phi) is 4.17. The monoisotopic (exact) mass is 240 g/mol.